The topological polar surface area (TPSA) is 0 Å². The van der Waals surface area contributed by atoms with E-state index in [4.69, 9.17) is 0 Å². The van der Waals surface area contributed by atoms with Gasteiger partial charge < -0.3 is 0 Å². The molecule has 0 radical (unpaired) electrons. The molecule has 0 aromatic heterocycles. The lowest BCUT2D eigenvalue weighted by atomic mass is 10.0. The molecule has 0 spiro atoms. The molecule has 306 valence electrons. The minimum absolute atomic E-state index is 1.13. The van der Waals surface area contributed by atoms with Gasteiger partial charge in [0.15, 0.2) is 0 Å². The summed E-state index contributed by atoms with van der Waals surface area (Å²) in [5.41, 5.74) is 0. The Hall–Kier alpha value is 0. The van der Waals surface area contributed by atoms with Gasteiger partial charge in [-0.05, 0) is 18.3 Å². The fourth-order valence-corrected chi connectivity index (χ4v) is 9.05. The van der Waals surface area contributed by atoms with E-state index in [0.29, 0.717) is 0 Å². The highest BCUT2D eigenvalue weighted by atomic mass is 14.4. The van der Waals surface area contributed by atoms with Crippen LogP contribution < -0.4 is 0 Å². The monoisotopic (exact) mass is 715 g/mol. The van der Waals surface area contributed by atoms with Gasteiger partial charge in [-0.25, -0.2) is 0 Å². The van der Waals surface area contributed by atoms with Gasteiger partial charge in [-0.15, -0.1) is 0 Å². The Morgan fingerprint density at radius 3 is 0.490 bits per heavy atom. The highest BCUT2D eigenvalue weighted by Crippen LogP contribution is 2.45. The summed E-state index contributed by atoms with van der Waals surface area (Å²) in [4.78, 5) is 0. The van der Waals surface area contributed by atoms with Crippen LogP contribution in [0.2, 0.25) is 0 Å². The number of unbranched alkanes of at least 4 members (excludes halogenated alkanes) is 42. The van der Waals surface area contributed by atoms with Crippen molar-refractivity contribution in [1.29, 1.82) is 0 Å². The molecule has 1 rings (SSSR count). The Balaban J connectivity index is 1.64. The molecule has 0 amide bonds. The maximum Gasteiger partial charge on any atom is -0.0383 e. The molecule has 0 bridgehead atoms. The van der Waals surface area contributed by atoms with E-state index in [9.17, 15) is 0 Å². The molecular weight excluding hydrogens is 613 g/mol. The zero-order valence-corrected chi connectivity index (χ0v) is 36.4. The summed E-state index contributed by atoms with van der Waals surface area (Å²) in [5, 5.41) is 0. The van der Waals surface area contributed by atoms with Crippen molar-refractivity contribution < 1.29 is 0 Å². The molecule has 0 aromatic carbocycles. The Kier molecular flexibility index (Phi) is 41.1. The smallest absolute Gasteiger partial charge is 0.0383 e. The van der Waals surface area contributed by atoms with Crippen LogP contribution in [-0.4, -0.2) is 0 Å². The largest absolute Gasteiger partial charge is 0.0654 e. The molecule has 1 aliphatic rings. The van der Waals surface area contributed by atoms with Crippen LogP contribution in [0.15, 0.2) is 0 Å². The van der Waals surface area contributed by atoms with E-state index in [1.165, 1.54) is 283 Å². The third kappa shape index (κ3) is 39.5. The molecule has 0 nitrogen and oxygen atoms in total. The summed E-state index contributed by atoms with van der Waals surface area (Å²) in [5.74, 6) is 2.26. The second-order valence-corrected chi connectivity index (χ2v) is 18.2. The van der Waals surface area contributed by atoms with Crippen LogP contribution in [0.1, 0.15) is 316 Å². The zero-order chi connectivity index (χ0) is 36.4. The SMILES string of the molecule is CCCCCCCCCCCCCCCCCCCCCCCCC1CC1CCCCCCCCCCCCCCCCCCCCCCCC. The van der Waals surface area contributed by atoms with Gasteiger partial charge in [0.05, 0.1) is 0 Å². The molecule has 51 heavy (non-hydrogen) atoms. The van der Waals surface area contributed by atoms with Crippen LogP contribution in [0.25, 0.3) is 0 Å². The molecule has 0 aromatic rings. The number of rotatable bonds is 46. The summed E-state index contributed by atoms with van der Waals surface area (Å²) in [7, 11) is 0. The highest BCUT2D eigenvalue weighted by Gasteiger charge is 2.35. The van der Waals surface area contributed by atoms with Gasteiger partial charge in [0.1, 0.15) is 0 Å². The minimum Gasteiger partial charge on any atom is -0.0654 e. The average molecular weight is 715 g/mol. The molecule has 1 saturated carbocycles. The van der Waals surface area contributed by atoms with Crippen LogP contribution in [0, 0.1) is 11.8 Å². The van der Waals surface area contributed by atoms with Gasteiger partial charge in [-0.1, -0.05) is 309 Å². The summed E-state index contributed by atoms with van der Waals surface area (Å²) < 4.78 is 0. The van der Waals surface area contributed by atoms with Crippen LogP contribution >= 0.6 is 0 Å². The normalized spacial score (nSPS) is 15.6. The Morgan fingerprint density at radius 1 is 0.196 bits per heavy atom. The lowest BCUT2D eigenvalue weighted by Gasteiger charge is -2.05. The van der Waals surface area contributed by atoms with E-state index < -0.39 is 0 Å². The van der Waals surface area contributed by atoms with Gasteiger partial charge in [0.25, 0.3) is 0 Å². The van der Waals surface area contributed by atoms with Crippen LogP contribution in [0.5, 0.6) is 0 Å². The minimum atomic E-state index is 1.13. The van der Waals surface area contributed by atoms with Gasteiger partial charge in [0, 0.05) is 0 Å². The van der Waals surface area contributed by atoms with Gasteiger partial charge in [-0.2, -0.15) is 0 Å². The van der Waals surface area contributed by atoms with Crippen molar-refractivity contribution in [1.82, 2.24) is 0 Å². The Bertz CT molecular complexity index is 555. The van der Waals surface area contributed by atoms with Crippen LogP contribution in [0.4, 0.5) is 0 Å². The van der Waals surface area contributed by atoms with E-state index in [2.05, 4.69) is 13.8 Å². The summed E-state index contributed by atoms with van der Waals surface area (Å²) >= 11 is 0. The van der Waals surface area contributed by atoms with Crippen molar-refractivity contribution in [3.63, 3.8) is 0 Å². The first-order chi connectivity index (χ1) is 25.4. The van der Waals surface area contributed by atoms with Crippen molar-refractivity contribution in [2.45, 2.75) is 316 Å². The first-order valence-electron chi connectivity index (χ1n) is 25.4. The summed E-state index contributed by atoms with van der Waals surface area (Å²) in [6.45, 7) is 4.63. The quantitative estimate of drug-likeness (QED) is 0.0551. The molecule has 0 aliphatic heterocycles. The van der Waals surface area contributed by atoms with Gasteiger partial charge in [0.2, 0.25) is 0 Å². The Morgan fingerprint density at radius 2 is 0.333 bits per heavy atom. The van der Waals surface area contributed by atoms with E-state index in [0.717, 1.165) is 11.8 Å². The fourth-order valence-electron chi connectivity index (χ4n) is 9.05. The third-order valence-corrected chi connectivity index (χ3v) is 12.9. The van der Waals surface area contributed by atoms with Gasteiger partial charge >= 0.3 is 0 Å². The fraction of sp³-hybridized carbons (Fsp3) is 1.00. The molecule has 1 fully saturated rings. The van der Waals surface area contributed by atoms with Crippen molar-refractivity contribution in [2.75, 3.05) is 0 Å². The first-order valence-corrected chi connectivity index (χ1v) is 25.4. The van der Waals surface area contributed by atoms with Crippen molar-refractivity contribution in [2.24, 2.45) is 11.8 Å². The first kappa shape index (κ1) is 49.0. The second-order valence-electron chi connectivity index (χ2n) is 18.2. The predicted octanol–water partition coefficient (Wildman–Crippen LogP) is 19.6. The zero-order valence-electron chi connectivity index (χ0n) is 36.4. The number of hydrogen-bond acceptors (Lipinski definition) is 0. The molecule has 0 heterocycles. The van der Waals surface area contributed by atoms with E-state index in [-0.39, 0.29) is 0 Å². The van der Waals surface area contributed by atoms with E-state index >= 15 is 0 Å². The van der Waals surface area contributed by atoms with Crippen molar-refractivity contribution in [3.8, 4) is 0 Å². The van der Waals surface area contributed by atoms with Gasteiger partial charge in [-0.3, -0.25) is 0 Å². The van der Waals surface area contributed by atoms with Crippen LogP contribution in [-0.2, 0) is 0 Å². The second kappa shape index (κ2) is 42.7. The molecule has 0 heteroatoms. The maximum absolute atomic E-state index is 2.31. The standard InChI is InChI=1S/C51H102/c1-3-5-7-9-11-13-15-17-19-21-23-25-27-29-31-33-35-37-39-41-43-45-47-50-49-51(50)48-46-44-42-40-38-36-34-32-30-28-26-24-22-20-18-16-14-12-10-8-6-4-2/h50-51H,3-49H2,1-2H3. The molecule has 2 unspecified atom stereocenters. The lowest BCUT2D eigenvalue weighted by Crippen LogP contribution is -1.87. The third-order valence-electron chi connectivity index (χ3n) is 12.9. The van der Waals surface area contributed by atoms with Crippen LogP contribution in [0.3, 0.4) is 0 Å². The molecule has 0 N–H and O–H groups in total. The molecule has 0 saturated heterocycles. The maximum atomic E-state index is 2.31. The average Bonchev–Trinajstić information content (AvgIpc) is 3.90. The van der Waals surface area contributed by atoms with E-state index in [1.807, 2.05) is 0 Å². The summed E-state index contributed by atoms with van der Waals surface area (Å²) in [6.07, 6.45) is 70.3. The van der Waals surface area contributed by atoms with Crippen molar-refractivity contribution in [3.05, 3.63) is 0 Å². The molecular formula is C51H102. The van der Waals surface area contributed by atoms with Crippen molar-refractivity contribution >= 4 is 0 Å². The predicted molar refractivity (Wildman–Crippen MR) is 235 cm³/mol. The molecule has 2 atom stereocenters. The Labute approximate surface area is 326 Å². The summed E-state index contributed by atoms with van der Waals surface area (Å²) in [6, 6.07) is 0. The highest BCUT2D eigenvalue weighted by molar-refractivity contribution is 4.85. The molecule has 1 aliphatic carbocycles. The lowest BCUT2D eigenvalue weighted by molar-refractivity contribution is 0.500. The number of hydrogen-bond donors (Lipinski definition) is 0. The van der Waals surface area contributed by atoms with E-state index in [1.54, 1.807) is 19.3 Å².